The number of morpholine rings is 1. The summed E-state index contributed by atoms with van der Waals surface area (Å²) in [5, 5.41) is 3.97. The smallest absolute Gasteiger partial charge is 0.291 e. The first-order chi connectivity index (χ1) is 14.0. The summed E-state index contributed by atoms with van der Waals surface area (Å²) in [6, 6.07) is 11.9. The average Bonchev–Trinajstić information content (AvgIpc) is 3.35. The van der Waals surface area contributed by atoms with E-state index in [0.717, 1.165) is 28.1 Å². The van der Waals surface area contributed by atoms with Gasteiger partial charge in [-0.15, -0.1) is 11.3 Å². The summed E-state index contributed by atoms with van der Waals surface area (Å²) < 4.78 is 11.9. The number of halogens is 1. The molecule has 0 saturated carbocycles. The molecule has 3 heterocycles. The van der Waals surface area contributed by atoms with Crippen molar-refractivity contribution in [3.05, 3.63) is 74.5 Å². The Morgan fingerprint density at radius 2 is 1.90 bits per heavy atom. The van der Waals surface area contributed by atoms with Crippen LogP contribution in [0.25, 0.3) is 0 Å². The summed E-state index contributed by atoms with van der Waals surface area (Å²) >= 11 is 5.15. The molecule has 0 bridgehead atoms. The van der Waals surface area contributed by atoms with Crippen molar-refractivity contribution in [2.45, 2.75) is 19.9 Å². The van der Waals surface area contributed by atoms with Gasteiger partial charge in [0.25, 0.3) is 5.91 Å². The summed E-state index contributed by atoms with van der Waals surface area (Å²) in [5.74, 6) is 0.0836. The maximum absolute atomic E-state index is 12.7. The van der Waals surface area contributed by atoms with Crippen LogP contribution in [0, 0.1) is 13.8 Å². The molecule has 7 heteroatoms. The molecule has 152 valence electrons. The first-order valence-corrected chi connectivity index (χ1v) is 11.2. The van der Waals surface area contributed by atoms with Crippen LogP contribution in [0.4, 0.5) is 5.00 Å². The second-order valence-electron chi connectivity index (χ2n) is 7.06. The molecule has 1 fully saturated rings. The van der Waals surface area contributed by atoms with E-state index in [1.165, 1.54) is 22.3 Å². The molecule has 3 aromatic rings. The highest BCUT2D eigenvalue weighted by atomic mass is 79.9. The molecule has 29 heavy (non-hydrogen) atoms. The minimum atomic E-state index is -0.228. The Morgan fingerprint density at radius 3 is 2.55 bits per heavy atom. The lowest BCUT2D eigenvalue weighted by atomic mass is 9.94. The fraction of sp³-hybridized carbons (Fsp3) is 0.318. The fourth-order valence-corrected chi connectivity index (χ4v) is 5.03. The molecule has 0 spiro atoms. The highest BCUT2D eigenvalue weighted by molar-refractivity contribution is 9.10. The third kappa shape index (κ3) is 4.33. The van der Waals surface area contributed by atoms with Gasteiger partial charge in [0.1, 0.15) is 5.00 Å². The SMILES string of the molecule is Cc1sc(NC(=O)c2ccco2)c(C(c2ccc(Br)cc2)N2CCOCC2)c1C. The van der Waals surface area contributed by atoms with Crippen molar-refractivity contribution >= 4 is 38.2 Å². The first-order valence-electron chi connectivity index (χ1n) is 9.56. The molecule has 1 saturated heterocycles. The molecule has 1 N–H and O–H groups in total. The maximum atomic E-state index is 12.7. The molecule has 1 amide bonds. The van der Waals surface area contributed by atoms with Gasteiger partial charge < -0.3 is 14.5 Å². The fourth-order valence-electron chi connectivity index (χ4n) is 3.68. The predicted octanol–water partition coefficient (Wildman–Crippen LogP) is 5.39. The summed E-state index contributed by atoms with van der Waals surface area (Å²) in [6.07, 6.45) is 1.51. The average molecular weight is 475 g/mol. The third-order valence-electron chi connectivity index (χ3n) is 5.27. The highest BCUT2D eigenvalue weighted by Gasteiger charge is 2.30. The van der Waals surface area contributed by atoms with E-state index in [4.69, 9.17) is 9.15 Å². The van der Waals surface area contributed by atoms with Gasteiger partial charge in [-0.3, -0.25) is 9.69 Å². The molecule has 0 aliphatic carbocycles. The lowest BCUT2D eigenvalue weighted by Gasteiger charge is -2.35. The zero-order valence-corrected chi connectivity index (χ0v) is 18.8. The van der Waals surface area contributed by atoms with Gasteiger partial charge in [0.2, 0.25) is 0 Å². The number of rotatable bonds is 5. The zero-order chi connectivity index (χ0) is 20.4. The molecular formula is C22H23BrN2O3S. The van der Waals surface area contributed by atoms with E-state index < -0.39 is 0 Å². The third-order valence-corrected chi connectivity index (χ3v) is 6.94. The van der Waals surface area contributed by atoms with Crippen molar-refractivity contribution < 1.29 is 13.9 Å². The van der Waals surface area contributed by atoms with Crippen LogP contribution in [-0.4, -0.2) is 37.1 Å². The second kappa shape index (κ2) is 8.83. The Hall–Kier alpha value is -1.93. The van der Waals surface area contributed by atoms with Gasteiger partial charge in [-0.2, -0.15) is 0 Å². The van der Waals surface area contributed by atoms with Gasteiger partial charge in [-0.1, -0.05) is 28.1 Å². The number of furan rings is 1. The van der Waals surface area contributed by atoms with Crippen molar-refractivity contribution in [3.8, 4) is 0 Å². The van der Waals surface area contributed by atoms with E-state index in [0.29, 0.717) is 19.0 Å². The van der Waals surface area contributed by atoms with Crippen LogP contribution in [0.1, 0.15) is 38.2 Å². The summed E-state index contributed by atoms with van der Waals surface area (Å²) in [7, 11) is 0. The van der Waals surface area contributed by atoms with E-state index in [1.807, 2.05) is 0 Å². The number of carbonyl (C=O) groups excluding carboxylic acids is 1. The first kappa shape index (κ1) is 20.3. The molecule has 0 radical (unpaired) electrons. The lowest BCUT2D eigenvalue weighted by Crippen LogP contribution is -2.39. The maximum Gasteiger partial charge on any atom is 0.291 e. The summed E-state index contributed by atoms with van der Waals surface area (Å²) in [5.41, 5.74) is 3.56. The Bertz CT molecular complexity index is 976. The minimum absolute atomic E-state index is 0.0452. The van der Waals surface area contributed by atoms with Crippen LogP contribution >= 0.6 is 27.3 Å². The number of thiophene rings is 1. The van der Waals surface area contributed by atoms with Crippen molar-refractivity contribution in [3.63, 3.8) is 0 Å². The number of hydrogen-bond acceptors (Lipinski definition) is 5. The molecule has 2 aromatic heterocycles. The van der Waals surface area contributed by atoms with Crippen LogP contribution in [0.2, 0.25) is 0 Å². The Labute approximate surface area is 182 Å². The number of amides is 1. The van der Waals surface area contributed by atoms with Gasteiger partial charge in [0.05, 0.1) is 25.5 Å². The Kier molecular flexibility index (Phi) is 6.20. The molecular weight excluding hydrogens is 452 g/mol. The lowest BCUT2D eigenvalue weighted by molar-refractivity contribution is 0.0240. The highest BCUT2D eigenvalue weighted by Crippen LogP contribution is 2.42. The van der Waals surface area contributed by atoms with Gasteiger partial charge in [0, 0.05) is 28.0 Å². The van der Waals surface area contributed by atoms with Gasteiger partial charge in [-0.25, -0.2) is 0 Å². The number of benzene rings is 1. The number of ether oxygens (including phenoxy) is 1. The van der Waals surface area contributed by atoms with E-state index in [9.17, 15) is 4.79 Å². The largest absolute Gasteiger partial charge is 0.459 e. The standard InChI is InChI=1S/C22H23BrN2O3S/c1-14-15(2)29-22(24-21(26)18-4-3-11-28-18)19(14)20(25-9-12-27-13-10-25)16-5-7-17(23)8-6-16/h3-8,11,20H,9-10,12-13H2,1-2H3,(H,24,26). The van der Waals surface area contributed by atoms with Crippen molar-refractivity contribution in [1.82, 2.24) is 4.90 Å². The van der Waals surface area contributed by atoms with Crippen molar-refractivity contribution in [1.29, 1.82) is 0 Å². The quantitative estimate of drug-likeness (QED) is 0.538. The van der Waals surface area contributed by atoms with Crippen LogP contribution in [-0.2, 0) is 4.74 Å². The summed E-state index contributed by atoms with van der Waals surface area (Å²) in [6.45, 7) is 7.36. The van der Waals surface area contributed by atoms with E-state index >= 15 is 0 Å². The van der Waals surface area contributed by atoms with Crippen molar-refractivity contribution in [2.24, 2.45) is 0 Å². The molecule has 1 unspecified atom stereocenters. The molecule has 1 aromatic carbocycles. The van der Waals surface area contributed by atoms with Gasteiger partial charge in [-0.05, 0) is 49.2 Å². The number of hydrogen-bond donors (Lipinski definition) is 1. The van der Waals surface area contributed by atoms with Crippen LogP contribution in [0.15, 0.2) is 51.6 Å². The van der Waals surface area contributed by atoms with Crippen LogP contribution in [0.3, 0.4) is 0 Å². The second-order valence-corrected chi connectivity index (χ2v) is 9.20. The van der Waals surface area contributed by atoms with E-state index in [1.54, 1.807) is 23.5 Å². The molecule has 1 atom stereocenters. The zero-order valence-electron chi connectivity index (χ0n) is 16.4. The monoisotopic (exact) mass is 474 g/mol. The van der Waals surface area contributed by atoms with Crippen LogP contribution < -0.4 is 5.32 Å². The topological polar surface area (TPSA) is 54.7 Å². The van der Waals surface area contributed by atoms with Crippen molar-refractivity contribution in [2.75, 3.05) is 31.6 Å². The molecule has 1 aliphatic rings. The Balaban J connectivity index is 1.77. The number of nitrogens with zero attached hydrogens (tertiary/aromatic N) is 1. The van der Waals surface area contributed by atoms with E-state index in [-0.39, 0.29) is 11.9 Å². The van der Waals surface area contributed by atoms with Gasteiger partial charge >= 0.3 is 0 Å². The van der Waals surface area contributed by atoms with Crippen LogP contribution in [0.5, 0.6) is 0 Å². The number of carbonyl (C=O) groups is 1. The molecule has 4 rings (SSSR count). The Morgan fingerprint density at radius 1 is 1.17 bits per heavy atom. The minimum Gasteiger partial charge on any atom is -0.459 e. The molecule has 5 nitrogen and oxygen atoms in total. The van der Waals surface area contributed by atoms with E-state index in [2.05, 4.69) is 64.3 Å². The molecule has 1 aliphatic heterocycles. The number of aryl methyl sites for hydroxylation is 1. The predicted molar refractivity (Wildman–Crippen MR) is 119 cm³/mol. The van der Waals surface area contributed by atoms with Gasteiger partial charge in [0.15, 0.2) is 5.76 Å². The summed E-state index contributed by atoms with van der Waals surface area (Å²) in [4.78, 5) is 16.3. The number of anilines is 1. The number of nitrogens with one attached hydrogen (secondary N) is 1. The normalized spacial score (nSPS) is 16.0.